The van der Waals surface area contributed by atoms with Crippen LogP contribution in [0.3, 0.4) is 0 Å². The van der Waals surface area contributed by atoms with Crippen molar-refractivity contribution in [3.05, 3.63) is 37.8 Å². The second-order valence-corrected chi connectivity index (χ2v) is 9.43. The van der Waals surface area contributed by atoms with Crippen LogP contribution in [0.25, 0.3) is 0 Å². The Balaban J connectivity index is 2.04. The molecule has 2 rings (SSSR count). The highest BCUT2D eigenvalue weighted by Gasteiger charge is 2.16. The topological polar surface area (TPSA) is 66.4 Å². The smallest absolute Gasteiger partial charge is 0.250 e. The first-order valence-corrected chi connectivity index (χ1v) is 9.35. The van der Waals surface area contributed by atoms with Crippen molar-refractivity contribution in [2.24, 2.45) is 0 Å². The van der Waals surface area contributed by atoms with Crippen LogP contribution >= 0.6 is 38.6 Å². The molecule has 4 nitrogen and oxygen atoms in total. The molecule has 0 bridgehead atoms. The number of aliphatic hydroxyl groups excluding tert-OH is 1. The van der Waals surface area contributed by atoms with Crippen LogP contribution in [-0.4, -0.2) is 20.1 Å². The molecule has 0 atom stereocenters. The molecule has 2 aromatic heterocycles. The van der Waals surface area contributed by atoms with E-state index < -0.39 is 10.0 Å². The van der Waals surface area contributed by atoms with Crippen LogP contribution in [-0.2, 0) is 23.0 Å². The summed E-state index contributed by atoms with van der Waals surface area (Å²) in [5, 5.41) is 8.82. The number of halogens is 1. The Hall–Kier alpha value is -0.250. The molecular formula is C11H12BrNO3S3. The van der Waals surface area contributed by atoms with Gasteiger partial charge in [-0.2, -0.15) is 0 Å². The molecule has 0 fully saturated rings. The summed E-state index contributed by atoms with van der Waals surface area (Å²) in [5.41, 5.74) is 0. The highest BCUT2D eigenvalue weighted by Crippen LogP contribution is 2.24. The maximum absolute atomic E-state index is 12.1. The Morgan fingerprint density at radius 1 is 1.16 bits per heavy atom. The highest BCUT2D eigenvalue weighted by molar-refractivity contribution is 9.11. The van der Waals surface area contributed by atoms with Gasteiger partial charge in [0.05, 0.1) is 3.79 Å². The number of nitrogens with one attached hydrogen (secondary N) is 1. The average molecular weight is 382 g/mol. The van der Waals surface area contributed by atoms with Gasteiger partial charge in [0.2, 0.25) is 10.0 Å². The lowest BCUT2D eigenvalue weighted by Crippen LogP contribution is -2.21. The zero-order valence-corrected chi connectivity index (χ0v) is 13.8. The van der Waals surface area contributed by atoms with E-state index in [0.29, 0.717) is 6.42 Å². The molecule has 0 saturated carbocycles. The lowest BCUT2D eigenvalue weighted by molar-refractivity contribution is 0.300. The molecule has 104 valence electrons. The van der Waals surface area contributed by atoms with E-state index in [4.69, 9.17) is 5.11 Å². The molecule has 0 amide bonds. The summed E-state index contributed by atoms with van der Waals surface area (Å²) in [6.07, 6.45) is 0.484. The van der Waals surface area contributed by atoms with Crippen molar-refractivity contribution in [3.8, 4) is 0 Å². The number of hydrogen-bond donors (Lipinski definition) is 2. The third-order valence-electron chi connectivity index (χ3n) is 2.33. The van der Waals surface area contributed by atoms with Crippen LogP contribution in [0.1, 0.15) is 9.75 Å². The van der Waals surface area contributed by atoms with Gasteiger partial charge < -0.3 is 5.11 Å². The second kappa shape index (κ2) is 6.47. The molecular weight excluding hydrogens is 370 g/mol. The Labute approximate surface area is 128 Å². The lowest BCUT2D eigenvalue weighted by atomic mass is 10.4. The highest BCUT2D eigenvalue weighted by atomic mass is 79.9. The molecule has 0 aromatic carbocycles. The Morgan fingerprint density at radius 2 is 1.89 bits per heavy atom. The van der Waals surface area contributed by atoms with Crippen LogP contribution < -0.4 is 4.72 Å². The molecule has 19 heavy (non-hydrogen) atoms. The van der Waals surface area contributed by atoms with Gasteiger partial charge in [-0.15, -0.1) is 22.7 Å². The van der Waals surface area contributed by atoms with Gasteiger partial charge in [0.15, 0.2) is 0 Å². The molecule has 8 heteroatoms. The van der Waals surface area contributed by atoms with Gasteiger partial charge in [-0.3, -0.25) is 0 Å². The van der Waals surface area contributed by atoms with Gasteiger partial charge in [0, 0.05) is 29.3 Å². The van der Waals surface area contributed by atoms with Crippen molar-refractivity contribution in [1.29, 1.82) is 0 Å². The molecule has 2 N–H and O–H groups in total. The largest absolute Gasteiger partial charge is 0.396 e. The molecule has 0 aliphatic heterocycles. The quantitative estimate of drug-likeness (QED) is 0.807. The van der Waals surface area contributed by atoms with Crippen molar-refractivity contribution in [2.75, 3.05) is 6.61 Å². The fourth-order valence-electron chi connectivity index (χ4n) is 1.43. The van der Waals surface area contributed by atoms with E-state index in [-0.39, 0.29) is 17.4 Å². The average Bonchev–Trinajstić information content (AvgIpc) is 2.97. The third-order valence-corrected chi connectivity index (χ3v) is 6.99. The zero-order valence-electron chi connectivity index (χ0n) is 9.80. The van der Waals surface area contributed by atoms with Crippen molar-refractivity contribution in [2.45, 2.75) is 17.2 Å². The lowest BCUT2D eigenvalue weighted by Gasteiger charge is -2.02. The normalized spacial score (nSPS) is 11.9. The van der Waals surface area contributed by atoms with E-state index in [1.54, 1.807) is 12.1 Å². The third kappa shape index (κ3) is 4.11. The number of sulfonamides is 1. The van der Waals surface area contributed by atoms with E-state index in [1.807, 2.05) is 12.1 Å². The van der Waals surface area contributed by atoms with E-state index in [0.717, 1.165) is 13.5 Å². The Morgan fingerprint density at radius 3 is 2.53 bits per heavy atom. The van der Waals surface area contributed by atoms with Gasteiger partial charge in [0.25, 0.3) is 0 Å². The number of rotatable bonds is 6. The number of aliphatic hydroxyl groups is 1. The molecule has 2 heterocycles. The first kappa shape index (κ1) is 15.1. The summed E-state index contributed by atoms with van der Waals surface area (Å²) in [6, 6.07) is 7.07. The van der Waals surface area contributed by atoms with Crippen LogP contribution in [0, 0.1) is 0 Å². The standard InChI is InChI=1S/C11H12BrNO3S3/c12-10-3-1-9(17-10)7-13-19(15,16)11-4-2-8(18-11)5-6-14/h1-4,13-14H,5-7H2. The minimum absolute atomic E-state index is 0.0245. The molecule has 0 unspecified atom stereocenters. The maximum Gasteiger partial charge on any atom is 0.250 e. The predicted octanol–water partition coefficient (Wildman–Crippen LogP) is 2.59. The van der Waals surface area contributed by atoms with E-state index >= 15 is 0 Å². The molecule has 2 aromatic rings. The van der Waals surface area contributed by atoms with Crippen LogP contribution in [0.5, 0.6) is 0 Å². The molecule has 0 spiro atoms. The SMILES string of the molecule is O=S(=O)(NCc1ccc(Br)s1)c1ccc(CCO)s1. The molecule has 0 aliphatic rings. The molecule has 0 radical (unpaired) electrons. The van der Waals surface area contributed by atoms with Crippen molar-refractivity contribution in [3.63, 3.8) is 0 Å². The zero-order chi connectivity index (χ0) is 13.9. The summed E-state index contributed by atoms with van der Waals surface area (Å²) in [6.45, 7) is 0.308. The fraction of sp³-hybridized carbons (Fsp3) is 0.273. The number of hydrogen-bond acceptors (Lipinski definition) is 5. The second-order valence-electron chi connectivity index (χ2n) is 3.72. The van der Waals surface area contributed by atoms with Crippen molar-refractivity contribution < 1.29 is 13.5 Å². The van der Waals surface area contributed by atoms with Gasteiger partial charge >= 0.3 is 0 Å². The van der Waals surface area contributed by atoms with Gasteiger partial charge in [-0.05, 0) is 40.2 Å². The molecule has 0 saturated heterocycles. The summed E-state index contributed by atoms with van der Waals surface area (Å²) < 4.78 is 27.9. The maximum atomic E-state index is 12.1. The molecule has 0 aliphatic carbocycles. The summed E-state index contributed by atoms with van der Waals surface area (Å²) in [4.78, 5) is 1.81. The van der Waals surface area contributed by atoms with Crippen LogP contribution in [0.15, 0.2) is 32.3 Å². The van der Waals surface area contributed by atoms with Crippen LogP contribution in [0.2, 0.25) is 0 Å². The minimum Gasteiger partial charge on any atom is -0.396 e. The summed E-state index contributed by atoms with van der Waals surface area (Å²) in [7, 11) is -3.47. The minimum atomic E-state index is -3.47. The van der Waals surface area contributed by atoms with Gasteiger partial charge in [-0.25, -0.2) is 13.1 Å². The van der Waals surface area contributed by atoms with E-state index in [2.05, 4.69) is 20.7 Å². The van der Waals surface area contributed by atoms with E-state index in [1.165, 1.54) is 22.7 Å². The van der Waals surface area contributed by atoms with E-state index in [9.17, 15) is 8.42 Å². The monoisotopic (exact) mass is 381 g/mol. The van der Waals surface area contributed by atoms with Crippen molar-refractivity contribution in [1.82, 2.24) is 4.72 Å². The summed E-state index contributed by atoms with van der Waals surface area (Å²) >= 11 is 6.02. The Kier molecular flexibility index (Phi) is 5.15. The Bertz CT molecular complexity index is 648. The first-order valence-electron chi connectivity index (χ1n) is 5.45. The van der Waals surface area contributed by atoms with Gasteiger partial charge in [0.1, 0.15) is 4.21 Å². The first-order chi connectivity index (χ1) is 9.01. The van der Waals surface area contributed by atoms with Gasteiger partial charge in [-0.1, -0.05) is 0 Å². The predicted molar refractivity (Wildman–Crippen MR) is 81.2 cm³/mol. The number of thiophene rings is 2. The van der Waals surface area contributed by atoms with Crippen LogP contribution in [0.4, 0.5) is 0 Å². The van der Waals surface area contributed by atoms with Crippen molar-refractivity contribution >= 4 is 48.6 Å². The fourth-order valence-corrected chi connectivity index (χ4v) is 5.34. The summed E-state index contributed by atoms with van der Waals surface area (Å²) in [5.74, 6) is 0.